The second kappa shape index (κ2) is 19.3. The summed E-state index contributed by atoms with van der Waals surface area (Å²) in [6.07, 6.45) is 3.91. The Labute approximate surface area is 293 Å². The van der Waals surface area contributed by atoms with Crippen LogP contribution in [0.25, 0.3) is 23.2 Å². The molecule has 266 valence electrons. The molecule has 1 amide bonds. The van der Waals surface area contributed by atoms with Gasteiger partial charge in [-0.3, -0.25) is 10.1 Å². The number of non-ortho nitro benzene ring substituents is 1. The van der Waals surface area contributed by atoms with E-state index >= 15 is 0 Å². The van der Waals surface area contributed by atoms with E-state index in [4.69, 9.17) is 18.0 Å². The number of amides is 1. The molecule has 0 spiro atoms. The molecule has 4 rings (SSSR count). The van der Waals surface area contributed by atoms with Crippen LogP contribution >= 0.6 is 0 Å². The van der Waals surface area contributed by atoms with E-state index in [1.807, 2.05) is 88.4 Å². The highest BCUT2D eigenvalue weighted by Crippen LogP contribution is 2.24. The molecule has 1 heterocycles. The summed E-state index contributed by atoms with van der Waals surface area (Å²) >= 11 is 0. The average molecular weight is 704 g/mol. The molecule has 4 aromatic rings. The average Bonchev–Trinajstić information content (AvgIpc) is 3.54. The molecule has 0 aliphatic carbocycles. The second-order valence-electron chi connectivity index (χ2n) is 10.9. The number of aromatic amines is 1. The number of nitro groups is 1. The molecule has 3 aromatic carbocycles. The number of nitrogens with one attached hydrogen (secondary N) is 2. The number of ether oxygens (including phenoxy) is 1. The van der Waals surface area contributed by atoms with E-state index in [-0.39, 0.29) is 12.3 Å². The van der Waals surface area contributed by atoms with Crippen LogP contribution < -0.4 is 10.2 Å². The zero-order valence-electron chi connectivity index (χ0n) is 29.0. The third-order valence-electron chi connectivity index (χ3n) is 7.52. The van der Waals surface area contributed by atoms with Crippen molar-refractivity contribution in [3.8, 4) is 0 Å². The smallest absolute Gasteiger partial charge is 0.448 e. The number of hydrogen-bond donors (Lipinski definition) is 2. The maximum atomic E-state index is 12.3. The van der Waals surface area contributed by atoms with Gasteiger partial charge in [0.05, 0.1) is 33.9 Å². The molecule has 0 radical (unpaired) electrons. The number of anilines is 1. The second-order valence-corrected chi connectivity index (χ2v) is 13.7. The van der Waals surface area contributed by atoms with Gasteiger partial charge in [-0.15, -0.1) is 0 Å². The number of alkyl carbamates (subject to hydrolysis) is 1. The van der Waals surface area contributed by atoms with Crippen molar-refractivity contribution < 1.29 is 27.7 Å². The maximum absolute atomic E-state index is 12.3. The number of nitro benzene ring substituents is 1. The number of carbonyl (C=O) groups is 1. The first-order valence-corrected chi connectivity index (χ1v) is 18.7. The summed E-state index contributed by atoms with van der Waals surface area (Å²) in [6.45, 7) is 11.3. The van der Waals surface area contributed by atoms with Gasteiger partial charge in [0, 0.05) is 56.8 Å². The number of aromatic nitrogens is 2. The van der Waals surface area contributed by atoms with Crippen LogP contribution in [0.5, 0.6) is 0 Å². The number of carbonyl (C=O) groups excluding carboxylic acids is 1. The van der Waals surface area contributed by atoms with Crippen LogP contribution in [0.1, 0.15) is 45.5 Å². The summed E-state index contributed by atoms with van der Waals surface area (Å²) in [7, 11) is -2.73. The van der Waals surface area contributed by atoms with E-state index in [0.29, 0.717) is 73.6 Å². The molecule has 15 heteroatoms. The molecule has 0 unspecified atom stereocenters. The summed E-state index contributed by atoms with van der Waals surface area (Å²) in [6, 6.07) is 20.4. The van der Waals surface area contributed by atoms with Gasteiger partial charge < -0.3 is 33.2 Å². The number of azo groups is 1. The van der Waals surface area contributed by atoms with Crippen molar-refractivity contribution in [2.75, 3.05) is 51.0 Å². The third kappa shape index (κ3) is 11.3. The van der Waals surface area contributed by atoms with Crippen LogP contribution in [-0.4, -0.2) is 75.9 Å². The number of rotatable bonds is 20. The lowest BCUT2D eigenvalue weighted by Crippen LogP contribution is -2.46. The molecule has 2 N–H and O–H groups in total. The molecule has 0 aliphatic rings. The predicted molar refractivity (Wildman–Crippen MR) is 196 cm³/mol. The monoisotopic (exact) mass is 703 g/mol. The Balaban J connectivity index is 1.20. The largest absolute Gasteiger partial charge is 0.500 e. The quantitative estimate of drug-likeness (QED) is 0.0304. The topological polar surface area (TPSA) is 166 Å². The van der Waals surface area contributed by atoms with Gasteiger partial charge in [0.2, 0.25) is 0 Å². The lowest BCUT2D eigenvalue weighted by Gasteiger charge is -2.28. The minimum absolute atomic E-state index is 0.0136. The summed E-state index contributed by atoms with van der Waals surface area (Å²) in [4.78, 5) is 32.5. The fourth-order valence-electron chi connectivity index (χ4n) is 5.15. The van der Waals surface area contributed by atoms with Crippen molar-refractivity contribution in [2.45, 2.75) is 40.2 Å². The highest BCUT2D eigenvalue weighted by atomic mass is 28.4. The van der Waals surface area contributed by atoms with Crippen LogP contribution in [0.4, 0.5) is 27.5 Å². The van der Waals surface area contributed by atoms with E-state index in [9.17, 15) is 14.9 Å². The minimum atomic E-state index is -2.73. The molecule has 0 saturated carbocycles. The Morgan fingerprint density at radius 2 is 1.58 bits per heavy atom. The molecule has 50 heavy (non-hydrogen) atoms. The predicted octanol–water partition coefficient (Wildman–Crippen LogP) is 8.05. The van der Waals surface area contributed by atoms with Crippen LogP contribution in [0.15, 0.2) is 77.0 Å². The summed E-state index contributed by atoms with van der Waals surface area (Å²) in [5.41, 5.74) is 4.61. The number of hydrogen-bond acceptors (Lipinski definition) is 11. The molecular formula is C35H45N7O7Si. The van der Waals surface area contributed by atoms with Crippen molar-refractivity contribution in [1.82, 2.24) is 15.3 Å². The zero-order chi connectivity index (χ0) is 35.8. The number of fused-ring (bicyclic) bond motifs is 1. The Morgan fingerprint density at radius 1 is 0.940 bits per heavy atom. The van der Waals surface area contributed by atoms with Crippen molar-refractivity contribution >= 4 is 60.8 Å². The summed E-state index contributed by atoms with van der Waals surface area (Å²) in [5.74, 6) is 0.599. The van der Waals surface area contributed by atoms with Gasteiger partial charge in [-0.25, -0.2) is 9.78 Å². The minimum Gasteiger partial charge on any atom is -0.448 e. The Kier molecular flexibility index (Phi) is 14.6. The SMILES string of the molecule is CCO[Si](CCCNC(=O)OCCN(CC)c1ccc(N=Nc2ccc(/C=C/c3nc4ccc([N+](=O)[O-])cc4[nH]3)cc2)cc1)(OCC)OCC. The zero-order valence-corrected chi connectivity index (χ0v) is 30.0. The maximum Gasteiger partial charge on any atom is 0.500 e. The highest BCUT2D eigenvalue weighted by molar-refractivity contribution is 6.60. The number of imidazole rings is 1. The van der Waals surface area contributed by atoms with E-state index in [2.05, 4.69) is 30.4 Å². The van der Waals surface area contributed by atoms with Crippen molar-refractivity contribution in [3.05, 3.63) is 88.2 Å². The molecule has 0 fully saturated rings. The number of H-pyrrole nitrogens is 1. The molecular weight excluding hydrogens is 659 g/mol. The van der Waals surface area contributed by atoms with Crippen molar-refractivity contribution in [2.24, 2.45) is 10.2 Å². The fraction of sp³-hybridized carbons (Fsp3) is 0.371. The summed E-state index contributed by atoms with van der Waals surface area (Å²) < 4.78 is 23.0. The Morgan fingerprint density at radius 3 is 2.18 bits per heavy atom. The number of nitrogens with zero attached hydrogens (tertiary/aromatic N) is 5. The molecule has 0 atom stereocenters. The van der Waals surface area contributed by atoms with Gasteiger partial charge in [-0.05, 0) is 88.2 Å². The lowest BCUT2D eigenvalue weighted by atomic mass is 10.2. The first kappa shape index (κ1) is 37.8. The standard InChI is InChI=1S/C35H45N7O7Si/c1-5-41(23-24-46-35(43)36-22-9-25-50(47-6-2,48-7-3)49-8-4)30-17-15-29(16-18-30)40-39-28-13-10-27(11-14-28)12-21-34-37-32-20-19-31(42(44)45)26-33(32)38-34/h10-21,26H,5-9,22-25H2,1-4H3,(H,36,43)(H,37,38)/b21-12+,40-39?. The van der Waals surface area contributed by atoms with Crippen LogP contribution in [0.2, 0.25) is 6.04 Å². The Bertz CT molecular complexity index is 1710. The third-order valence-corrected chi connectivity index (χ3v) is 10.7. The Hall–Kier alpha value is -4.96. The highest BCUT2D eigenvalue weighted by Gasteiger charge is 2.39. The first-order valence-electron chi connectivity index (χ1n) is 16.8. The van der Waals surface area contributed by atoms with Gasteiger partial charge in [-0.1, -0.05) is 18.2 Å². The molecule has 0 aliphatic heterocycles. The van der Waals surface area contributed by atoms with E-state index < -0.39 is 19.8 Å². The van der Waals surface area contributed by atoms with E-state index in [0.717, 1.165) is 17.8 Å². The lowest BCUT2D eigenvalue weighted by molar-refractivity contribution is -0.384. The number of benzene rings is 3. The molecule has 0 bridgehead atoms. The van der Waals surface area contributed by atoms with Crippen LogP contribution in [0.3, 0.4) is 0 Å². The van der Waals surface area contributed by atoms with Crippen LogP contribution in [0, 0.1) is 10.1 Å². The van der Waals surface area contributed by atoms with E-state index in [1.165, 1.54) is 12.1 Å². The van der Waals surface area contributed by atoms with Crippen LogP contribution in [-0.2, 0) is 18.0 Å². The molecule has 14 nitrogen and oxygen atoms in total. The van der Waals surface area contributed by atoms with Gasteiger partial charge >= 0.3 is 14.9 Å². The van der Waals surface area contributed by atoms with Crippen molar-refractivity contribution in [3.63, 3.8) is 0 Å². The molecule has 1 aromatic heterocycles. The van der Waals surface area contributed by atoms with E-state index in [1.54, 1.807) is 6.07 Å². The summed E-state index contributed by atoms with van der Waals surface area (Å²) in [5, 5.41) is 22.5. The number of likely N-dealkylation sites (N-methyl/N-ethyl adjacent to an activating group) is 1. The van der Waals surface area contributed by atoms with Gasteiger partial charge in [-0.2, -0.15) is 10.2 Å². The molecule has 0 saturated heterocycles. The first-order chi connectivity index (χ1) is 24.3. The van der Waals surface area contributed by atoms with Gasteiger partial charge in [0.25, 0.3) is 5.69 Å². The normalized spacial score (nSPS) is 11.8. The van der Waals surface area contributed by atoms with Gasteiger partial charge in [0.15, 0.2) is 0 Å². The van der Waals surface area contributed by atoms with Crippen molar-refractivity contribution in [1.29, 1.82) is 0 Å². The fourth-order valence-corrected chi connectivity index (χ4v) is 7.76. The van der Waals surface area contributed by atoms with Gasteiger partial charge in [0.1, 0.15) is 12.4 Å².